The molecule has 1 unspecified atom stereocenters. The molecule has 3 N–H and O–H groups in total. The third kappa shape index (κ3) is 3.68. The van der Waals surface area contributed by atoms with Crippen LogP contribution in [0.1, 0.15) is 34.6 Å². The lowest BCUT2D eigenvalue weighted by Crippen LogP contribution is -2.48. The molecule has 1 atom stereocenters. The van der Waals surface area contributed by atoms with Crippen LogP contribution in [-0.4, -0.2) is 65.9 Å². The van der Waals surface area contributed by atoms with Crippen LogP contribution in [0, 0.1) is 0 Å². The Balaban J connectivity index is 0.00000156. The predicted molar refractivity (Wildman–Crippen MR) is 87.9 cm³/mol. The molecule has 3 aliphatic rings. The lowest BCUT2D eigenvalue weighted by atomic mass is 10.1. The van der Waals surface area contributed by atoms with Gasteiger partial charge in [0.25, 0.3) is 5.91 Å². The van der Waals surface area contributed by atoms with Crippen molar-refractivity contribution in [3.05, 3.63) is 17.0 Å². The van der Waals surface area contributed by atoms with Gasteiger partial charge in [0.15, 0.2) is 5.69 Å². The lowest BCUT2D eigenvalue weighted by Gasteiger charge is -2.33. The molecule has 8 heteroatoms. The number of hydrogen-bond donors (Lipinski definition) is 3. The van der Waals surface area contributed by atoms with Crippen molar-refractivity contribution < 1.29 is 9.53 Å². The Kier molecular flexibility index (Phi) is 5.21. The van der Waals surface area contributed by atoms with Crippen LogP contribution in [-0.2, 0) is 17.7 Å². The highest BCUT2D eigenvalue weighted by atomic mass is 35.5. The Hall–Kier alpha value is -1.15. The van der Waals surface area contributed by atoms with Gasteiger partial charge in [-0.25, -0.2) is 0 Å². The minimum atomic E-state index is -0.103. The van der Waals surface area contributed by atoms with E-state index >= 15 is 0 Å². The van der Waals surface area contributed by atoms with E-state index in [9.17, 15) is 4.79 Å². The second-order valence-electron chi connectivity index (χ2n) is 6.39. The molecule has 4 rings (SSSR count). The first kappa shape index (κ1) is 16.7. The maximum absolute atomic E-state index is 12.4. The lowest BCUT2D eigenvalue weighted by molar-refractivity contribution is -0.0293. The number of morpholine rings is 1. The number of aromatic amines is 1. The molecule has 0 spiro atoms. The number of hydrogen-bond acceptors (Lipinski definition) is 5. The molecule has 0 radical (unpaired) electrons. The van der Waals surface area contributed by atoms with Crippen LogP contribution < -0.4 is 10.6 Å². The number of H-pyrrole nitrogens is 1. The van der Waals surface area contributed by atoms with E-state index < -0.39 is 0 Å². The van der Waals surface area contributed by atoms with Crippen LogP contribution in [0.4, 0.5) is 0 Å². The number of nitrogens with one attached hydrogen (secondary N) is 3. The fourth-order valence-electron chi connectivity index (χ4n) is 3.34. The van der Waals surface area contributed by atoms with Gasteiger partial charge in [-0.15, -0.1) is 12.4 Å². The molecule has 1 aromatic rings. The molecule has 2 fully saturated rings. The molecule has 23 heavy (non-hydrogen) atoms. The Bertz CT molecular complexity index is 560. The summed E-state index contributed by atoms with van der Waals surface area (Å²) in [7, 11) is 0. The van der Waals surface area contributed by atoms with Gasteiger partial charge < -0.3 is 15.4 Å². The number of fused-ring (bicyclic) bond motifs is 1. The van der Waals surface area contributed by atoms with Crippen LogP contribution >= 0.6 is 12.4 Å². The average molecular weight is 342 g/mol. The number of ether oxygens (including phenoxy) is 1. The quantitative estimate of drug-likeness (QED) is 0.722. The Morgan fingerprint density at radius 2 is 2.30 bits per heavy atom. The van der Waals surface area contributed by atoms with Gasteiger partial charge in [0, 0.05) is 56.4 Å². The van der Waals surface area contributed by atoms with Crippen molar-refractivity contribution >= 4 is 18.3 Å². The van der Waals surface area contributed by atoms with Crippen molar-refractivity contribution in [2.75, 3.05) is 32.8 Å². The molecular weight excluding hydrogens is 318 g/mol. The smallest absolute Gasteiger partial charge is 0.272 e. The number of carbonyl (C=O) groups excluding carboxylic acids is 1. The second-order valence-corrected chi connectivity index (χ2v) is 6.39. The van der Waals surface area contributed by atoms with Gasteiger partial charge in [0.05, 0.1) is 12.7 Å². The van der Waals surface area contributed by atoms with E-state index in [0.29, 0.717) is 18.8 Å². The zero-order valence-corrected chi connectivity index (χ0v) is 14.0. The predicted octanol–water partition coefficient (Wildman–Crippen LogP) is 0.0702. The van der Waals surface area contributed by atoms with E-state index in [4.69, 9.17) is 4.74 Å². The fraction of sp³-hybridized carbons (Fsp3) is 0.733. The summed E-state index contributed by atoms with van der Waals surface area (Å²) < 4.78 is 5.77. The molecule has 1 amide bonds. The number of carbonyl (C=O) groups is 1. The maximum atomic E-state index is 12.4. The molecule has 1 saturated heterocycles. The number of rotatable bonds is 4. The summed E-state index contributed by atoms with van der Waals surface area (Å²) in [6, 6.07) is 0.756. The van der Waals surface area contributed by atoms with Gasteiger partial charge in [-0.3, -0.25) is 14.8 Å². The Morgan fingerprint density at radius 1 is 1.43 bits per heavy atom. The number of halogens is 1. The zero-order chi connectivity index (χ0) is 14.9. The van der Waals surface area contributed by atoms with E-state index in [1.54, 1.807) is 0 Å². The van der Waals surface area contributed by atoms with Crippen LogP contribution in [0.2, 0.25) is 0 Å². The first-order valence-corrected chi connectivity index (χ1v) is 8.22. The Morgan fingerprint density at radius 3 is 3.13 bits per heavy atom. The molecule has 1 saturated carbocycles. The van der Waals surface area contributed by atoms with Crippen LogP contribution in [0.3, 0.4) is 0 Å². The highest BCUT2D eigenvalue weighted by Gasteiger charge is 2.33. The molecule has 1 aliphatic carbocycles. The highest BCUT2D eigenvalue weighted by Crippen LogP contribution is 2.28. The van der Waals surface area contributed by atoms with E-state index in [1.807, 2.05) is 0 Å². The third-order valence-corrected chi connectivity index (χ3v) is 4.75. The van der Waals surface area contributed by atoms with Crippen molar-refractivity contribution in [1.82, 2.24) is 25.7 Å². The molecule has 128 valence electrons. The zero-order valence-electron chi connectivity index (χ0n) is 13.1. The summed E-state index contributed by atoms with van der Waals surface area (Å²) in [5.41, 5.74) is 2.61. The summed E-state index contributed by atoms with van der Waals surface area (Å²) in [5, 5.41) is 13.4. The molecule has 0 aromatic carbocycles. The topological polar surface area (TPSA) is 82.3 Å². The summed E-state index contributed by atoms with van der Waals surface area (Å²) in [4.78, 5) is 14.8. The fourth-order valence-corrected chi connectivity index (χ4v) is 3.34. The van der Waals surface area contributed by atoms with Crippen molar-refractivity contribution in [2.24, 2.45) is 0 Å². The van der Waals surface area contributed by atoms with E-state index in [0.717, 1.165) is 50.0 Å². The van der Waals surface area contributed by atoms with Crippen LogP contribution in [0.15, 0.2) is 0 Å². The highest BCUT2D eigenvalue weighted by molar-refractivity contribution is 5.94. The summed E-state index contributed by atoms with van der Waals surface area (Å²) in [6.45, 7) is 4.90. The second kappa shape index (κ2) is 7.17. The molecule has 3 heterocycles. The third-order valence-electron chi connectivity index (χ3n) is 4.75. The monoisotopic (exact) mass is 341 g/mol. The standard InChI is InChI=1S/C15H23N5O2.ClH/c21-15(14-12-8-16-4-3-13(12)18-19-14)17-7-11-9-20(5-6-22-11)10-1-2-10;/h10-11,16H,1-9H2,(H,17,21)(H,18,19);1H. The number of aromatic nitrogens is 2. The van der Waals surface area contributed by atoms with Gasteiger partial charge in [-0.1, -0.05) is 0 Å². The first-order valence-electron chi connectivity index (χ1n) is 8.22. The summed E-state index contributed by atoms with van der Waals surface area (Å²) >= 11 is 0. The average Bonchev–Trinajstić information content (AvgIpc) is 3.32. The molecule has 2 aliphatic heterocycles. The van der Waals surface area contributed by atoms with Crippen molar-refractivity contribution in [1.29, 1.82) is 0 Å². The van der Waals surface area contributed by atoms with E-state index in [2.05, 4.69) is 25.7 Å². The SMILES string of the molecule is Cl.O=C(NCC1CN(C2CC2)CCO1)c1n[nH]c2c1CNCC2. The minimum Gasteiger partial charge on any atom is -0.374 e. The van der Waals surface area contributed by atoms with Gasteiger partial charge in [-0.05, 0) is 12.8 Å². The van der Waals surface area contributed by atoms with Crippen molar-refractivity contribution in [3.8, 4) is 0 Å². The van der Waals surface area contributed by atoms with Crippen molar-refractivity contribution in [2.45, 2.75) is 38.0 Å². The van der Waals surface area contributed by atoms with Crippen LogP contribution in [0.5, 0.6) is 0 Å². The largest absolute Gasteiger partial charge is 0.374 e. The normalized spacial score (nSPS) is 24.6. The Labute approximate surface area is 141 Å². The van der Waals surface area contributed by atoms with E-state index in [-0.39, 0.29) is 24.4 Å². The first-order chi connectivity index (χ1) is 10.8. The molecule has 7 nitrogen and oxygen atoms in total. The minimum absolute atomic E-state index is 0. The number of amides is 1. The van der Waals surface area contributed by atoms with Gasteiger partial charge in [0.1, 0.15) is 0 Å². The van der Waals surface area contributed by atoms with Gasteiger partial charge >= 0.3 is 0 Å². The van der Waals surface area contributed by atoms with Crippen LogP contribution in [0.25, 0.3) is 0 Å². The molecular formula is C15H24ClN5O2. The van der Waals surface area contributed by atoms with Crippen molar-refractivity contribution in [3.63, 3.8) is 0 Å². The number of nitrogens with zero attached hydrogens (tertiary/aromatic N) is 2. The van der Waals surface area contributed by atoms with Gasteiger partial charge in [0.2, 0.25) is 0 Å². The van der Waals surface area contributed by atoms with E-state index in [1.165, 1.54) is 12.8 Å². The maximum Gasteiger partial charge on any atom is 0.272 e. The summed E-state index contributed by atoms with van der Waals surface area (Å²) in [5.74, 6) is -0.103. The summed E-state index contributed by atoms with van der Waals surface area (Å²) in [6.07, 6.45) is 3.61. The molecule has 0 bridgehead atoms. The van der Waals surface area contributed by atoms with Gasteiger partial charge in [-0.2, -0.15) is 5.10 Å². The molecule has 1 aromatic heterocycles.